The molecule has 3 aromatic carbocycles. The van der Waals surface area contributed by atoms with E-state index in [4.69, 9.17) is 11.6 Å². The molecule has 0 fully saturated rings. The van der Waals surface area contributed by atoms with Gasteiger partial charge >= 0.3 is 6.18 Å². The number of nitrogens with zero attached hydrogens (tertiary/aromatic N) is 4. The van der Waals surface area contributed by atoms with Crippen molar-refractivity contribution in [1.29, 1.82) is 0 Å². The highest BCUT2D eigenvalue weighted by Gasteiger charge is 2.40. The van der Waals surface area contributed by atoms with Crippen molar-refractivity contribution in [1.82, 2.24) is 14.5 Å². The summed E-state index contributed by atoms with van der Waals surface area (Å²) in [5, 5.41) is 10.9. The van der Waals surface area contributed by atoms with Crippen LogP contribution in [-0.2, 0) is 6.18 Å². The topological polar surface area (TPSA) is 80.4 Å². The van der Waals surface area contributed by atoms with Crippen molar-refractivity contribution in [2.45, 2.75) is 6.18 Å². The van der Waals surface area contributed by atoms with Gasteiger partial charge in [-0.3, -0.25) is 9.79 Å². The summed E-state index contributed by atoms with van der Waals surface area (Å²) < 4.78 is 42.7. The Bertz CT molecular complexity index is 1590. The molecule has 0 bridgehead atoms. The molecule has 1 N–H and O–H groups in total. The van der Waals surface area contributed by atoms with E-state index in [1.54, 1.807) is 54.6 Å². The van der Waals surface area contributed by atoms with E-state index in [0.29, 0.717) is 20.3 Å². The first kappa shape index (κ1) is 23.7. The van der Waals surface area contributed by atoms with Gasteiger partial charge in [0.2, 0.25) is 11.7 Å². The Hall–Kier alpha value is -4.02. The molecule has 0 aliphatic rings. The Balaban J connectivity index is 1.59. The van der Waals surface area contributed by atoms with E-state index in [1.807, 2.05) is 0 Å². The number of imidazole rings is 1. The third kappa shape index (κ3) is 4.48. The van der Waals surface area contributed by atoms with E-state index in [2.05, 4.69) is 15.0 Å². The summed E-state index contributed by atoms with van der Waals surface area (Å²) in [4.78, 5) is 25.0. The number of aliphatic imine (C=N–C) groups is 1. The second-order valence-electron chi connectivity index (χ2n) is 7.56. The molecule has 0 spiro atoms. The van der Waals surface area contributed by atoms with Gasteiger partial charge in [-0.25, -0.2) is 14.5 Å². The van der Waals surface area contributed by atoms with Crippen molar-refractivity contribution in [3.05, 3.63) is 100 Å². The molecule has 2 heterocycles. The molecule has 5 aromatic rings. The number of carbonyl (C=O) groups excluding carboxylic acids is 1. The fourth-order valence-electron chi connectivity index (χ4n) is 3.52. The summed E-state index contributed by atoms with van der Waals surface area (Å²) in [7, 11) is 0. The molecule has 180 valence electrons. The first-order valence-electron chi connectivity index (χ1n) is 10.4. The number of ketones is 1. The van der Waals surface area contributed by atoms with Gasteiger partial charge < -0.3 is 5.11 Å². The summed E-state index contributed by atoms with van der Waals surface area (Å²) in [5.74, 6) is -2.50. The predicted octanol–water partition coefficient (Wildman–Crippen LogP) is 6.84. The molecule has 6 nitrogen and oxygen atoms in total. The average Bonchev–Trinajstić information content (AvgIpc) is 3.44. The molecule has 2 aromatic heterocycles. The van der Waals surface area contributed by atoms with Gasteiger partial charge in [-0.2, -0.15) is 13.2 Å². The zero-order valence-corrected chi connectivity index (χ0v) is 19.6. The molecule has 0 aliphatic carbocycles. The van der Waals surface area contributed by atoms with E-state index in [9.17, 15) is 23.1 Å². The molecule has 0 unspecified atom stereocenters. The Morgan fingerprint density at radius 3 is 2.47 bits per heavy atom. The Morgan fingerprint density at radius 2 is 1.75 bits per heavy atom. The van der Waals surface area contributed by atoms with Crippen LogP contribution in [0.5, 0.6) is 5.88 Å². The van der Waals surface area contributed by atoms with Crippen LogP contribution in [-0.4, -0.2) is 31.6 Å². The molecule has 5 rings (SSSR count). The van der Waals surface area contributed by atoms with Crippen LogP contribution in [0.15, 0.2) is 77.8 Å². The Labute approximate surface area is 211 Å². The summed E-state index contributed by atoms with van der Waals surface area (Å²) in [6, 6.07) is 19.6. The minimum Gasteiger partial charge on any atom is -0.493 e. The minimum absolute atomic E-state index is 0.0976. The average molecular weight is 527 g/mol. The molecule has 0 amide bonds. The molecule has 0 saturated carbocycles. The fraction of sp³-hybridized carbons (Fsp3) is 0.0400. The zero-order chi connectivity index (χ0) is 25.4. The number of carbonyl (C=O) groups is 1. The van der Waals surface area contributed by atoms with E-state index >= 15 is 0 Å². The Morgan fingerprint density at radius 1 is 1.03 bits per heavy atom. The maximum Gasteiger partial charge on any atom is 0.450 e. The molecule has 11 heteroatoms. The number of hydrogen-bond acceptors (Lipinski definition) is 6. The van der Waals surface area contributed by atoms with Crippen LogP contribution in [0.1, 0.15) is 27.4 Å². The first-order valence-corrected chi connectivity index (χ1v) is 11.6. The number of aromatic nitrogens is 3. The molecule has 0 atom stereocenters. The number of para-hydroxylation sites is 1. The van der Waals surface area contributed by atoms with Gasteiger partial charge in [0.1, 0.15) is 5.69 Å². The number of hydrogen-bond donors (Lipinski definition) is 1. The van der Waals surface area contributed by atoms with Crippen LogP contribution in [0.3, 0.4) is 0 Å². The lowest BCUT2D eigenvalue weighted by atomic mass is 10.0. The minimum atomic E-state index is -4.88. The SMILES string of the molecule is O=C(c1ccccc1)c1cc(Cl)ccc1N=Cc1nc(C(F)(F)F)n(-c2nc3ccccc3s2)c1O. The van der Waals surface area contributed by atoms with Gasteiger partial charge in [-0.05, 0) is 30.3 Å². The van der Waals surface area contributed by atoms with Crippen LogP contribution in [0, 0.1) is 0 Å². The molecular formula is C25H14ClF3N4O2S. The number of rotatable bonds is 5. The number of benzene rings is 3. The number of halogens is 4. The van der Waals surface area contributed by atoms with Gasteiger partial charge in [0.15, 0.2) is 10.9 Å². The van der Waals surface area contributed by atoms with Crippen molar-refractivity contribution in [3.63, 3.8) is 0 Å². The van der Waals surface area contributed by atoms with Gasteiger partial charge in [-0.15, -0.1) is 0 Å². The molecule has 0 aliphatic heterocycles. The van der Waals surface area contributed by atoms with Crippen molar-refractivity contribution in [2.75, 3.05) is 0 Å². The molecule has 36 heavy (non-hydrogen) atoms. The summed E-state index contributed by atoms with van der Waals surface area (Å²) >= 11 is 7.05. The summed E-state index contributed by atoms with van der Waals surface area (Å²) in [6.45, 7) is 0. The maximum atomic E-state index is 13.8. The quantitative estimate of drug-likeness (QED) is 0.201. The predicted molar refractivity (Wildman–Crippen MR) is 132 cm³/mol. The van der Waals surface area contributed by atoms with Crippen LogP contribution in [0.25, 0.3) is 15.3 Å². The fourth-order valence-corrected chi connectivity index (χ4v) is 4.66. The normalized spacial score (nSPS) is 12.0. The third-order valence-electron chi connectivity index (χ3n) is 5.17. The second-order valence-corrected chi connectivity index (χ2v) is 9.00. The van der Waals surface area contributed by atoms with Gasteiger partial charge in [0.05, 0.1) is 22.1 Å². The van der Waals surface area contributed by atoms with Crippen molar-refractivity contribution in [2.24, 2.45) is 4.99 Å². The maximum absolute atomic E-state index is 13.8. The second kappa shape index (κ2) is 9.21. The van der Waals surface area contributed by atoms with Crippen LogP contribution >= 0.6 is 22.9 Å². The number of fused-ring (bicyclic) bond motifs is 1. The van der Waals surface area contributed by atoms with Crippen LogP contribution in [0.2, 0.25) is 5.02 Å². The lowest BCUT2D eigenvalue weighted by Gasteiger charge is -2.07. The van der Waals surface area contributed by atoms with Crippen LogP contribution in [0.4, 0.5) is 18.9 Å². The van der Waals surface area contributed by atoms with Gasteiger partial charge in [0.25, 0.3) is 0 Å². The largest absolute Gasteiger partial charge is 0.493 e. The number of alkyl halides is 3. The van der Waals surface area contributed by atoms with E-state index in [0.717, 1.165) is 17.6 Å². The third-order valence-corrected chi connectivity index (χ3v) is 6.43. The van der Waals surface area contributed by atoms with Crippen LogP contribution < -0.4 is 0 Å². The van der Waals surface area contributed by atoms with Crippen molar-refractivity contribution >= 4 is 50.8 Å². The Kier molecular flexibility index (Phi) is 6.07. The highest BCUT2D eigenvalue weighted by molar-refractivity contribution is 7.20. The molecule has 0 radical (unpaired) electrons. The van der Waals surface area contributed by atoms with Crippen molar-refractivity contribution in [3.8, 4) is 11.0 Å². The highest BCUT2D eigenvalue weighted by Crippen LogP contribution is 2.37. The molecular weight excluding hydrogens is 513 g/mol. The monoisotopic (exact) mass is 526 g/mol. The molecule has 0 saturated heterocycles. The van der Waals surface area contributed by atoms with Crippen molar-refractivity contribution < 1.29 is 23.1 Å². The highest BCUT2D eigenvalue weighted by atomic mass is 35.5. The van der Waals surface area contributed by atoms with Gasteiger partial charge in [0, 0.05) is 16.1 Å². The van der Waals surface area contributed by atoms with E-state index in [-0.39, 0.29) is 27.2 Å². The summed E-state index contributed by atoms with van der Waals surface area (Å²) in [5.41, 5.74) is 0.731. The van der Waals surface area contributed by atoms with Gasteiger partial charge in [-0.1, -0.05) is 65.4 Å². The zero-order valence-electron chi connectivity index (χ0n) is 18.1. The summed E-state index contributed by atoms with van der Waals surface area (Å²) in [6.07, 6.45) is -3.91. The van der Waals surface area contributed by atoms with E-state index < -0.39 is 23.6 Å². The standard InChI is InChI=1S/C25H14ClF3N4O2S/c26-15-10-11-17(16(12-15)21(34)14-6-2-1-3-7-14)30-13-19-22(35)33(23(31-19)25(27,28)29)24-32-18-8-4-5-9-20(18)36-24/h1-13,35H. The number of aromatic hydroxyl groups is 1. The first-order chi connectivity index (χ1) is 17.2. The van der Waals surface area contributed by atoms with E-state index in [1.165, 1.54) is 18.2 Å². The number of thiazole rings is 1. The lowest BCUT2D eigenvalue weighted by molar-refractivity contribution is -0.146. The smallest absolute Gasteiger partial charge is 0.450 e. The lowest BCUT2D eigenvalue weighted by Crippen LogP contribution is -2.13.